The molecule has 0 aliphatic carbocycles. The van der Waals surface area contributed by atoms with Gasteiger partial charge in [-0.05, 0) is 31.2 Å². The molecule has 3 aromatic rings. The molecule has 30 heavy (non-hydrogen) atoms. The van der Waals surface area contributed by atoms with Gasteiger partial charge in [0.2, 0.25) is 0 Å². The average Bonchev–Trinajstić information content (AvgIpc) is 3.40. The van der Waals surface area contributed by atoms with Crippen molar-refractivity contribution in [3.63, 3.8) is 0 Å². The minimum atomic E-state index is -0.572. The van der Waals surface area contributed by atoms with E-state index in [2.05, 4.69) is 20.7 Å². The number of furan rings is 1. The van der Waals surface area contributed by atoms with Gasteiger partial charge in [0.1, 0.15) is 10.6 Å². The summed E-state index contributed by atoms with van der Waals surface area (Å²) in [6.45, 7) is 4.50. The van der Waals surface area contributed by atoms with E-state index in [4.69, 9.17) is 20.8 Å². The van der Waals surface area contributed by atoms with Crippen molar-refractivity contribution < 1.29 is 18.7 Å². The lowest BCUT2D eigenvalue weighted by atomic mass is 10.2. The Morgan fingerprint density at radius 2 is 1.83 bits per heavy atom. The molecule has 8 nitrogen and oxygen atoms in total. The zero-order valence-electron chi connectivity index (χ0n) is 16.1. The fourth-order valence-corrected chi connectivity index (χ4v) is 4.22. The number of rotatable bonds is 4. The number of nitrogens with one attached hydrogen (secondary N) is 2. The van der Waals surface area contributed by atoms with Crippen LogP contribution in [0.25, 0.3) is 11.3 Å². The van der Waals surface area contributed by atoms with Crippen molar-refractivity contribution in [3.8, 4) is 11.3 Å². The van der Waals surface area contributed by atoms with Crippen LogP contribution in [0.3, 0.4) is 0 Å². The van der Waals surface area contributed by atoms with Gasteiger partial charge in [-0.25, -0.2) is 4.98 Å². The topological polar surface area (TPSA) is 96.7 Å². The highest BCUT2D eigenvalue weighted by Crippen LogP contribution is 2.29. The summed E-state index contributed by atoms with van der Waals surface area (Å²) < 4.78 is 10.9. The molecule has 2 amide bonds. The molecule has 4 rings (SSSR count). The van der Waals surface area contributed by atoms with Crippen LogP contribution in [0.15, 0.2) is 40.8 Å². The van der Waals surface area contributed by atoms with Crippen LogP contribution in [0.2, 0.25) is 5.02 Å². The molecule has 3 heterocycles. The Kier molecular flexibility index (Phi) is 6.03. The highest BCUT2D eigenvalue weighted by Gasteiger charge is 2.21. The second-order valence-corrected chi connectivity index (χ2v) is 7.95. The lowest BCUT2D eigenvalue weighted by Gasteiger charge is -2.25. The molecule has 1 saturated heterocycles. The van der Waals surface area contributed by atoms with Gasteiger partial charge in [-0.2, -0.15) is 0 Å². The molecule has 1 aliphatic rings. The van der Waals surface area contributed by atoms with E-state index < -0.39 is 11.8 Å². The number of carbonyl (C=O) groups is 2. The standard InChI is InChI=1S/C20H19ClN4O4S/c1-12-17(30-20(22-12)25-8-10-28-11-9-25)19(27)24-23-18(26)16-7-6-15(29-16)13-4-2-3-5-14(13)21/h2-7H,8-11H2,1H3,(H,23,26)(H,24,27). The molecule has 156 valence electrons. The number of hydrogen-bond acceptors (Lipinski definition) is 7. The Balaban J connectivity index is 1.39. The summed E-state index contributed by atoms with van der Waals surface area (Å²) >= 11 is 7.44. The molecule has 0 saturated carbocycles. The molecular weight excluding hydrogens is 428 g/mol. The van der Waals surface area contributed by atoms with Crippen molar-refractivity contribution in [1.82, 2.24) is 15.8 Å². The Hall–Kier alpha value is -2.88. The SMILES string of the molecule is Cc1nc(N2CCOCC2)sc1C(=O)NNC(=O)c1ccc(-c2ccccc2Cl)o1. The number of hydrogen-bond donors (Lipinski definition) is 2. The molecule has 0 atom stereocenters. The number of morpholine rings is 1. The first-order chi connectivity index (χ1) is 14.5. The van der Waals surface area contributed by atoms with Crippen LogP contribution in [0.4, 0.5) is 5.13 Å². The number of nitrogens with zero attached hydrogens (tertiary/aromatic N) is 2. The summed E-state index contributed by atoms with van der Waals surface area (Å²) in [6.07, 6.45) is 0. The molecule has 2 N–H and O–H groups in total. The second-order valence-electron chi connectivity index (χ2n) is 6.56. The Morgan fingerprint density at radius 3 is 2.60 bits per heavy atom. The van der Waals surface area contributed by atoms with E-state index in [1.165, 1.54) is 17.4 Å². The molecular formula is C20H19ClN4O4S. The van der Waals surface area contributed by atoms with Gasteiger partial charge in [-0.15, -0.1) is 0 Å². The number of carbonyl (C=O) groups excluding carboxylic acids is 2. The maximum absolute atomic E-state index is 12.5. The third-order valence-electron chi connectivity index (χ3n) is 4.53. The Bertz CT molecular complexity index is 1070. The fraction of sp³-hybridized carbons (Fsp3) is 0.250. The van der Waals surface area contributed by atoms with Crippen LogP contribution >= 0.6 is 22.9 Å². The van der Waals surface area contributed by atoms with Crippen molar-refractivity contribution in [3.05, 3.63) is 57.8 Å². The molecule has 1 aliphatic heterocycles. The monoisotopic (exact) mass is 446 g/mol. The van der Waals surface area contributed by atoms with E-state index in [-0.39, 0.29) is 5.76 Å². The number of halogens is 1. The van der Waals surface area contributed by atoms with Gasteiger partial charge < -0.3 is 14.1 Å². The lowest BCUT2D eigenvalue weighted by molar-refractivity contribution is 0.0833. The predicted octanol–water partition coefficient (Wildman–Crippen LogP) is 3.28. The first-order valence-electron chi connectivity index (χ1n) is 9.28. The van der Waals surface area contributed by atoms with Gasteiger partial charge in [0.05, 0.1) is 23.9 Å². The highest BCUT2D eigenvalue weighted by atomic mass is 35.5. The van der Waals surface area contributed by atoms with E-state index in [0.717, 1.165) is 18.2 Å². The van der Waals surface area contributed by atoms with E-state index in [9.17, 15) is 9.59 Å². The van der Waals surface area contributed by atoms with Crippen LogP contribution < -0.4 is 15.8 Å². The smallest absolute Gasteiger partial charge is 0.305 e. The maximum atomic E-state index is 12.5. The van der Waals surface area contributed by atoms with Crippen molar-refractivity contribution in [1.29, 1.82) is 0 Å². The van der Waals surface area contributed by atoms with Gasteiger partial charge in [-0.1, -0.05) is 35.1 Å². The van der Waals surface area contributed by atoms with Gasteiger partial charge in [0.25, 0.3) is 5.91 Å². The number of benzene rings is 1. The van der Waals surface area contributed by atoms with Crippen LogP contribution in [-0.2, 0) is 4.74 Å². The zero-order valence-corrected chi connectivity index (χ0v) is 17.7. The second kappa shape index (κ2) is 8.86. The molecule has 0 bridgehead atoms. The number of thiazole rings is 1. The molecule has 0 radical (unpaired) electrons. The quantitative estimate of drug-likeness (QED) is 0.597. The number of amides is 2. The fourth-order valence-electron chi connectivity index (χ4n) is 2.98. The van der Waals surface area contributed by atoms with Crippen LogP contribution in [0.5, 0.6) is 0 Å². The van der Waals surface area contributed by atoms with E-state index in [0.29, 0.717) is 40.1 Å². The van der Waals surface area contributed by atoms with E-state index >= 15 is 0 Å². The van der Waals surface area contributed by atoms with Crippen LogP contribution in [-0.4, -0.2) is 43.1 Å². The zero-order chi connectivity index (χ0) is 21.1. The average molecular weight is 447 g/mol. The van der Waals surface area contributed by atoms with Crippen molar-refractivity contribution in [2.75, 3.05) is 31.2 Å². The molecule has 2 aromatic heterocycles. The first kappa shape index (κ1) is 20.4. The van der Waals surface area contributed by atoms with Gasteiger partial charge in [-0.3, -0.25) is 20.4 Å². The number of anilines is 1. The molecule has 1 fully saturated rings. The van der Waals surface area contributed by atoms with E-state index in [1.54, 1.807) is 25.1 Å². The summed E-state index contributed by atoms with van der Waals surface area (Å²) in [4.78, 5) is 31.9. The summed E-state index contributed by atoms with van der Waals surface area (Å²) in [5.41, 5.74) is 6.07. The third kappa shape index (κ3) is 4.33. The third-order valence-corrected chi connectivity index (χ3v) is 6.08. The minimum absolute atomic E-state index is 0.0558. The first-order valence-corrected chi connectivity index (χ1v) is 10.5. The summed E-state index contributed by atoms with van der Waals surface area (Å²) in [6, 6.07) is 10.3. The number of aromatic nitrogens is 1. The molecule has 0 spiro atoms. The summed E-state index contributed by atoms with van der Waals surface area (Å²) in [7, 11) is 0. The lowest BCUT2D eigenvalue weighted by Crippen LogP contribution is -2.41. The Labute approximate surface area is 181 Å². The van der Waals surface area contributed by atoms with Crippen molar-refractivity contribution >= 4 is 39.9 Å². The molecule has 1 aromatic carbocycles. The van der Waals surface area contributed by atoms with Gasteiger partial charge >= 0.3 is 5.91 Å². The van der Waals surface area contributed by atoms with Crippen molar-refractivity contribution in [2.45, 2.75) is 6.92 Å². The highest BCUT2D eigenvalue weighted by molar-refractivity contribution is 7.17. The van der Waals surface area contributed by atoms with Crippen LogP contribution in [0.1, 0.15) is 25.9 Å². The van der Waals surface area contributed by atoms with Gasteiger partial charge in [0, 0.05) is 18.7 Å². The van der Waals surface area contributed by atoms with Crippen LogP contribution in [0, 0.1) is 6.92 Å². The Morgan fingerprint density at radius 1 is 1.10 bits per heavy atom. The number of aryl methyl sites for hydroxylation is 1. The number of ether oxygens (including phenoxy) is 1. The maximum Gasteiger partial charge on any atom is 0.305 e. The summed E-state index contributed by atoms with van der Waals surface area (Å²) in [5, 5.41) is 1.28. The van der Waals surface area contributed by atoms with E-state index in [1.807, 2.05) is 12.1 Å². The molecule has 0 unspecified atom stereocenters. The van der Waals surface area contributed by atoms with Crippen molar-refractivity contribution in [2.24, 2.45) is 0 Å². The largest absolute Gasteiger partial charge is 0.451 e. The summed E-state index contributed by atoms with van der Waals surface area (Å²) in [5.74, 6) is -0.487. The molecule has 10 heteroatoms. The number of hydrazine groups is 1. The minimum Gasteiger partial charge on any atom is -0.451 e. The predicted molar refractivity (Wildman–Crippen MR) is 114 cm³/mol. The van der Waals surface area contributed by atoms with Gasteiger partial charge in [0.15, 0.2) is 10.9 Å². The normalized spacial score (nSPS) is 13.9.